The second-order valence-electron chi connectivity index (χ2n) is 4.43. The standard InChI is InChI=1S/C14H23NO5Si/c1-17-13-9-7-12(8-10-13)15-14(16)6-5-11-21(18-2,19-3)20-4/h7-10H,5-6,11H2,1-4H3,(H,15,16). The fourth-order valence-corrected chi connectivity index (χ4v) is 3.64. The van der Waals surface area contributed by atoms with Gasteiger partial charge in [-0.2, -0.15) is 0 Å². The molecule has 0 unspecified atom stereocenters. The molecule has 118 valence electrons. The molecule has 0 aromatic heterocycles. The number of ether oxygens (including phenoxy) is 1. The van der Waals surface area contributed by atoms with E-state index in [1.807, 2.05) is 0 Å². The lowest BCUT2D eigenvalue weighted by Gasteiger charge is -2.24. The predicted molar refractivity (Wildman–Crippen MR) is 82.4 cm³/mol. The van der Waals surface area contributed by atoms with E-state index in [4.69, 9.17) is 18.0 Å². The number of benzene rings is 1. The second-order valence-corrected chi connectivity index (χ2v) is 7.52. The average molecular weight is 313 g/mol. The van der Waals surface area contributed by atoms with Gasteiger partial charge in [-0.25, -0.2) is 0 Å². The van der Waals surface area contributed by atoms with Crippen LogP contribution in [0.3, 0.4) is 0 Å². The summed E-state index contributed by atoms with van der Waals surface area (Å²) in [5, 5.41) is 2.83. The van der Waals surface area contributed by atoms with Gasteiger partial charge in [0.2, 0.25) is 5.91 Å². The number of carbonyl (C=O) groups excluding carboxylic acids is 1. The Balaban J connectivity index is 2.40. The zero-order valence-electron chi connectivity index (χ0n) is 13.0. The lowest BCUT2D eigenvalue weighted by molar-refractivity contribution is -0.116. The molecule has 0 radical (unpaired) electrons. The molecule has 0 aliphatic heterocycles. The van der Waals surface area contributed by atoms with Gasteiger partial charge in [0.1, 0.15) is 5.75 Å². The molecule has 0 saturated heterocycles. The van der Waals surface area contributed by atoms with E-state index in [0.29, 0.717) is 18.9 Å². The quantitative estimate of drug-likeness (QED) is 0.709. The van der Waals surface area contributed by atoms with Crippen molar-refractivity contribution in [2.75, 3.05) is 33.8 Å². The zero-order valence-corrected chi connectivity index (χ0v) is 14.0. The largest absolute Gasteiger partial charge is 0.500 e. The summed E-state index contributed by atoms with van der Waals surface area (Å²) in [6, 6.07) is 7.81. The maximum atomic E-state index is 11.9. The molecule has 0 aliphatic rings. The summed E-state index contributed by atoms with van der Waals surface area (Å²) in [4.78, 5) is 11.9. The first-order chi connectivity index (χ1) is 10.1. The van der Waals surface area contributed by atoms with Crippen LogP contribution in [0.25, 0.3) is 0 Å². The van der Waals surface area contributed by atoms with Crippen LogP contribution in [0.5, 0.6) is 5.75 Å². The molecule has 0 aliphatic carbocycles. The minimum atomic E-state index is -2.59. The maximum absolute atomic E-state index is 11.9. The van der Waals surface area contributed by atoms with Crippen molar-refractivity contribution in [3.8, 4) is 5.75 Å². The summed E-state index contributed by atoms with van der Waals surface area (Å²) in [6.45, 7) is 0. The number of amides is 1. The highest BCUT2D eigenvalue weighted by molar-refractivity contribution is 6.60. The normalized spacial score (nSPS) is 11.2. The van der Waals surface area contributed by atoms with Gasteiger partial charge in [0, 0.05) is 39.5 Å². The summed E-state index contributed by atoms with van der Waals surface area (Å²) in [5.41, 5.74) is 0.745. The van der Waals surface area contributed by atoms with Crippen molar-refractivity contribution in [2.45, 2.75) is 18.9 Å². The van der Waals surface area contributed by atoms with Crippen LogP contribution in [-0.2, 0) is 18.1 Å². The summed E-state index contributed by atoms with van der Waals surface area (Å²) < 4.78 is 21.0. The van der Waals surface area contributed by atoms with Gasteiger partial charge in [-0.15, -0.1) is 0 Å². The number of methoxy groups -OCH3 is 1. The van der Waals surface area contributed by atoms with E-state index in [0.717, 1.165) is 11.4 Å². The number of carbonyl (C=O) groups is 1. The Bertz CT molecular complexity index is 425. The van der Waals surface area contributed by atoms with Crippen LogP contribution in [0.2, 0.25) is 6.04 Å². The summed E-state index contributed by atoms with van der Waals surface area (Å²) in [6.07, 6.45) is 1.03. The molecule has 0 saturated carbocycles. The van der Waals surface area contributed by atoms with Crippen LogP contribution in [0.15, 0.2) is 24.3 Å². The SMILES string of the molecule is COc1ccc(NC(=O)CCC[Si](OC)(OC)OC)cc1. The third kappa shape index (κ3) is 5.47. The number of hydrogen-bond donors (Lipinski definition) is 1. The van der Waals surface area contributed by atoms with Crippen molar-refractivity contribution < 1.29 is 22.8 Å². The zero-order chi connectivity index (χ0) is 15.7. The average Bonchev–Trinajstić information content (AvgIpc) is 2.53. The first-order valence-electron chi connectivity index (χ1n) is 6.68. The lowest BCUT2D eigenvalue weighted by atomic mass is 10.2. The molecule has 1 rings (SSSR count). The third-order valence-electron chi connectivity index (χ3n) is 3.19. The van der Waals surface area contributed by atoms with Crippen molar-refractivity contribution in [2.24, 2.45) is 0 Å². The first kappa shape index (κ1) is 17.6. The van der Waals surface area contributed by atoms with Crippen LogP contribution in [0.4, 0.5) is 5.69 Å². The van der Waals surface area contributed by atoms with Crippen LogP contribution >= 0.6 is 0 Å². The number of hydrogen-bond acceptors (Lipinski definition) is 5. The fraction of sp³-hybridized carbons (Fsp3) is 0.500. The summed E-state index contributed by atoms with van der Waals surface area (Å²) >= 11 is 0. The minimum Gasteiger partial charge on any atom is -0.497 e. The van der Waals surface area contributed by atoms with Gasteiger partial charge in [-0.3, -0.25) is 4.79 Å². The highest BCUT2D eigenvalue weighted by atomic mass is 28.4. The molecule has 0 atom stereocenters. The monoisotopic (exact) mass is 313 g/mol. The van der Waals surface area contributed by atoms with Gasteiger partial charge in [0.15, 0.2) is 0 Å². The Morgan fingerprint density at radius 2 is 1.62 bits per heavy atom. The third-order valence-corrected chi connectivity index (χ3v) is 6.03. The Morgan fingerprint density at radius 3 is 2.10 bits per heavy atom. The molecule has 0 spiro atoms. The Kier molecular flexibility index (Phi) is 7.38. The van der Waals surface area contributed by atoms with E-state index in [2.05, 4.69) is 5.32 Å². The molecule has 1 amide bonds. The number of nitrogens with one attached hydrogen (secondary N) is 1. The lowest BCUT2D eigenvalue weighted by Crippen LogP contribution is -2.42. The molecule has 0 fully saturated rings. The van der Waals surface area contributed by atoms with E-state index < -0.39 is 8.80 Å². The summed E-state index contributed by atoms with van der Waals surface area (Å²) in [7, 11) is 3.72. The molecule has 1 N–H and O–H groups in total. The van der Waals surface area contributed by atoms with E-state index in [1.54, 1.807) is 52.7 Å². The van der Waals surface area contributed by atoms with Crippen molar-refractivity contribution in [3.05, 3.63) is 24.3 Å². The molecule has 0 heterocycles. The van der Waals surface area contributed by atoms with Gasteiger partial charge < -0.3 is 23.3 Å². The van der Waals surface area contributed by atoms with Gasteiger partial charge in [0.05, 0.1) is 7.11 Å². The van der Waals surface area contributed by atoms with E-state index in [9.17, 15) is 4.79 Å². The minimum absolute atomic E-state index is 0.0497. The van der Waals surface area contributed by atoms with Gasteiger partial charge >= 0.3 is 8.80 Å². The highest BCUT2D eigenvalue weighted by Gasteiger charge is 2.37. The molecule has 7 heteroatoms. The molecule has 6 nitrogen and oxygen atoms in total. The molecule has 1 aromatic carbocycles. The van der Waals surface area contributed by atoms with Crippen molar-refractivity contribution in [1.29, 1.82) is 0 Å². The predicted octanol–water partition coefficient (Wildman–Crippen LogP) is 2.29. The molecular weight excluding hydrogens is 290 g/mol. The van der Waals surface area contributed by atoms with E-state index >= 15 is 0 Å². The molecule has 21 heavy (non-hydrogen) atoms. The Morgan fingerprint density at radius 1 is 1.05 bits per heavy atom. The van der Waals surface area contributed by atoms with Gasteiger partial charge in [-0.05, 0) is 30.7 Å². The van der Waals surface area contributed by atoms with Crippen LogP contribution in [0.1, 0.15) is 12.8 Å². The van der Waals surface area contributed by atoms with Crippen LogP contribution in [0, 0.1) is 0 Å². The van der Waals surface area contributed by atoms with Crippen molar-refractivity contribution in [3.63, 3.8) is 0 Å². The Hall–Kier alpha value is -1.41. The molecule has 0 bridgehead atoms. The molecular formula is C14H23NO5Si. The second kappa shape index (κ2) is 8.78. The maximum Gasteiger partial charge on any atom is 0.500 e. The highest BCUT2D eigenvalue weighted by Crippen LogP contribution is 2.18. The smallest absolute Gasteiger partial charge is 0.497 e. The van der Waals surface area contributed by atoms with Gasteiger partial charge in [-0.1, -0.05) is 0 Å². The van der Waals surface area contributed by atoms with Crippen LogP contribution < -0.4 is 10.1 Å². The van der Waals surface area contributed by atoms with Crippen LogP contribution in [-0.4, -0.2) is 43.2 Å². The van der Waals surface area contributed by atoms with E-state index in [1.165, 1.54) is 0 Å². The van der Waals surface area contributed by atoms with Crippen molar-refractivity contribution >= 4 is 20.4 Å². The van der Waals surface area contributed by atoms with Gasteiger partial charge in [0.25, 0.3) is 0 Å². The first-order valence-corrected chi connectivity index (χ1v) is 8.61. The summed E-state index contributed by atoms with van der Waals surface area (Å²) in [5.74, 6) is 0.704. The fourth-order valence-electron chi connectivity index (χ4n) is 1.92. The number of anilines is 1. The molecule has 1 aromatic rings. The topological polar surface area (TPSA) is 66.0 Å². The van der Waals surface area contributed by atoms with Crippen molar-refractivity contribution in [1.82, 2.24) is 0 Å². The Labute approximate surface area is 126 Å². The number of rotatable bonds is 9. The van der Waals surface area contributed by atoms with E-state index in [-0.39, 0.29) is 5.91 Å².